The maximum atomic E-state index is 11.2. The van der Waals surface area contributed by atoms with Gasteiger partial charge in [0.25, 0.3) is 0 Å². The van der Waals surface area contributed by atoms with Gasteiger partial charge in [-0.3, -0.25) is 4.79 Å². The zero-order valence-electron chi connectivity index (χ0n) is 7.77. The van der Waals surface area contributed by atoms with Gasteiger partial charge >= 0.3 is 5.97 Å². The molecule has 1 aromatic rings. The molecule has 0 aliphatic heterocycles. The van der Waals surface area contributed by atoms with Gasteiger partial charge in [0, 0.05) is 18.3 Å². The van der Waals surface area contributed by atoms with E-state index in [9.17, 15) is 4.79 Å². The van der Waals surface area contributed by atoms with E-state index in [1.807, 2.05) is 0 Å². The summed E-state index contributed by atoms with van der Waals surface area (Å²) in [4.78, 5) is 17.9. The Morgan fingerprint density at radius 1 is 1.86 bits per heavy atom. The van der Waals surface area contributed by atoms with Gasteiger partial charge in [-0.1, -0.05) is 12.7 Å². The monoisotopic (exact) mass is 195 g/mol. The van der Waals surface area contributed by atoms with E-state index in [1.54, 1.807) is 6.20 Å². The molecule has 0 unspecified atom stereocenters. The van der Waals surface area contributed by atoms with Gasteiger partial charge in [0.1, 0.15) is 12.6 Å². The van der Waals surface area contributed by atoms with E-state index < -0.39 is 12.0 Å². The molecule has 0 saturated heterocycles. The summed E-state index contributed by atoms with van der Waals surface area (Å²) in [6, 6.07) is -0.657. The number of ether oxygens (including phenoxy) is 1. The Bertz CT molecular complexity index is 295. The number of nitrogens with zero attached hydrogens (tertiary/aromatic N) is 1. The summed E-state index contributed by atoms with van der Waals surface area (Å²) in [7, 11) is 0. The first kappa shape index (κ1) is 10.5. The Hall–Kier alpha value is -1.62. The molecule has 1 aromatic heterocycles. The summed E-state index contributed by atoms with van der Waals surface area (Å²) in [6.07, 6.45) is 5.06. The minimum absolute atomic E-state index is 0.190. The molecule has 0 aliphatic carbocycles. The maximum absolute atomic E-state index is 11.2. The van der Waals surface area contributed by atoms with Gasteiger partial charge in [-0.25, -0.2) is 4.98 Å². The van der Waals surface area contributed by atoms with Crippen LogP contribution in [0.3, 0.4) is 0 Å². The van der Waals surface area contributed by atoms with E-state index in [0.29, 0.717) is 6.42 Å². The fourth-order valence-electron chi connectivity index (χ4n) is 0.965. The Kier molecular flexibility index (Phi) is 3.87. The lowest BCUT2D eigenvalue weighted by atomic mass is 10.2. The third kappa shape index (κ3) is 3.02. The van der Waals surface area contributed by atoms with Crippen molar-refractivity contribution in [3.63, 3.8) is 0 Å². The van der Waals surface area contributed by atoms with Crippen LogP contribution in [0.25, 0.3) is 0 Å². The molecule has 1 atom stereocenters. The Morgan fingerprint density at radius 2 is 2.64 bits per heavy atom. The Balaban J connectivity index is 2.37. The topological polar surface area (TPSA) is 81.0 Å². The van der Waals surface area contributed by atoms with E-state index in [1.165, 1.54) is 12.4 Å². The number of hydrogen-bond donors (Lipinski definition) is 2. The molecule has 0 saturated carbocycles. The van der Waals surface area contributed by atoms with Crippen molar-refractivity contribution in [3.05, 3.63) is 30.9 Å². The van der Waals surface area contributed by atoms with Gasteiger partial charge in [-0.2, -0.15) is 0 Å². The normalized spacial score (nSPS) is 12.1. The molecule has 0 bridgehead atoms. The molecule has 3 N–H and O–H groups in total. The number of nitrogens with one attached hydrogen (secondary N) is 1. The van der Waals surface area contributed by atoms with Crippen LogP contribution in [0.5, 0.6) is 0 Å². The largest absolute Gasteiger partial charge is 0.460 e. The molecule has 76 valence electrons. The molecule has 1 heterocycles. The summed E-state index contributed by atoms with van der Waals surface area (Å²) < 4.78 is 4.79. The van der Waals surface area contributed by atoms with Crippen LogP contribution < -0.4 is 5.73 Å². The van der Waals surface area contributed by atoms with Crippen molar-refractivity contribution in [1.82, 2.24) is 9.97 Å². The number of esters is 1. The Morgan fingerprint density at radius 3 is 3.21 bits per heavy atom. The van der Waals surface area contributed by atoms with Crippen LogP contribution >= 0.6 is 0 Å². The quantitative estimate of drug-likeness (QED) is 0.512. The molecule has 0 spiro atoms. The third-order valence-corrected chi connectivity index (χ3v) is 1.64. The molecular weight excluding hydrogens is 182 g/mol. The lowest BCUT2D eigenvalue weighted by Crippen LogP contribution is -2.34. The second-order valence-electron chi connectivity index (χ2n) is 2.81. The molecule has 0 aromatic carbocycles. The van der Waals surface area contributed by atoms with Crippen molar-refractivity contribution in [2.24, 2.45) is 5.73 Å². The number of aromatic nitrogens is 2. The van der Waals surface area contributed by atoms with Gasteiger partial charge in [-0.15, -0.1) is 0 Å². The molecule has 14 heavy (non-hydrogen) atoms. The number of rotatable bonds is 5. The van der Waals surface area contributed by atoms with E-state index >= 15 is 0 Å². The lowest BCUT2D eigenvalue weighted by Gasteiger charge is -2.08. The molecule has 0 aliphatic rings. The second-order valence-corrected chi connectivity index (χ2v) is 2.81. The van der Waals surface area contributed by atoms with E-state index in [-0.39, 0.29) is 6.61 Å². The summed E-state index contributed by atoms with van der Waals surface area (Å²) in [5, 5.41) is 0. The summed E-state index contributed by atoms with van der Waals surface area (Å²) in [5.74, 6) is -0.431. The number of carbonyl (C=O) groups excluding carboxylic acids is 1. The highest BCUT2D eigenvalue weighted by Crippen LogP contribution is 1.97. The average molecular weight is 195 g/mol. The maximum Gasteiger partial charge on any atom is 0.323 e. The Labute approximate surface area is 82.0 Å². The molecule has 0 fully saturated rings. The zero-order valence-corrected chi connectivity index (χ0v) is 7.77. The van der Waals surface area contributed by atoms with Gasteiger partial charge in [0.15, 0.2) is 0 Å². The number of H-pyrrole nitrogens is 1. The van der Waals surface area contributed by atoms with Crippen LogP contribution in [0, 0.1) is 0 Å². The molecule has 1 rings (SSSR count). The number of aromatic amines is 1. The highest BCUT2D eigenvalue weighted by molar-refractivity contribution is 5.75. The first-order valence-electron chi connectivity index (χ1n) is 4.24. The minimum atomic E-state index is -0.657. The predicted octanol–water partition coefficient (Wildman–Crippen LogP) is 0.00870. The van der Waals surface area contributed by atoms with Gasteiger partial charge in [-0.05, 0) is 0 Å². The molecule has 5 nitrogen and oxygen atoms in total. The van der Waals surface area contributed by atoms with Crippen molar-refractivity contribution < 1.29 is 9.53 Å². The summed E-state index contributed by atoms with van der Waals surface area (Å²) >= 11 is 0. The van der Waals surface area contributed by atoms with Gasteiger partial charge in [0.2, 0.25) is 0 Å². The van der Waals surface area contributed by atoms with Crippen LogP contribution in [-0.2, 0) is 16.0 Å². The number of nitrogens with two attached hydrogens (primary N) is 1. The second kappa shape index (κ2) is 5.18. The zero-order chi connectivity index (χ0) is 10.4. The summed E-state index contributed by atoms with van der Waals surface area (Å²) in [5.41, 5.74) is 6.41. The average Bonchev–Trinajstić information content (AvgIpc) is 2.66. The highest BCUT2D eigenvalue weighted by Gasteiger charge is 2.15. The molecule has 5 heteroatoms. The fraction of sp³-hybridized carbons (Fsp3) is 0.333. The number of carbonyl (C=O) groups is 1. The van der Waals surface area contributed by atoms with Crippen LogP contribution in [-0.4, -0.2) is 28.6 Å². The minimum Gasteiger partial charge on any atom is -0.460 e. The number of imidazole rings is 1. The first-order chi connectivity index (χ1) is 6.74. The molecule has 0 amide bonds. The SMILES string of the molecule is C=CCOC(=O)[C@@H](N)Cc1cnc[nH]1. The van der Waals surface area contributed by atoms with Crippen molar-refractivity contribution in [3.8, 4) is 0 Å². The van der Waals surface area contributed by atoms with E-state index in [2.05, 4.69) is 16.5 Å². The van der Waals surface area contributed by atoms with Crippen LogP contribution in [0.2, 0.25) is 0 Å². The highest BCUT2D eigenvalue weighted by atomic mass is 16.5. The van der Waals surface area contributed by atoms with Crippen molar-refractivity contribution in [2.45, 2.75) is 12.5 Å². The van der Waals surface area contributed by atoms with Crippen LogP contribution in [0.15, 0.2) is 25.2 Å². The molecule has 0 radical (unpaired) electrons. The summed E-state index contributed by atoms with van der Waals surface area (Å²) in [6.45, 7) is 3.62. The standard InChI is InChI=1S/C9H13N3O2/c1-2-3-14-9(13)8(10)4-7-5-11-6-12-7/h2,5-6,8H,1,3-4,10H2,(H,11,12)/t8-/m0/s1. The first-order valence-corrected chi connectivity index (χ1v) is 4.24. The van der Waals surface area contributed by atoms with Gasteiger partial charge < -0.3 is 15.5 Å². The van der Waals surface area contributed by atoms with Crippen molar-refractivity contribution >= 4 is 5.97 Å². The van der Waals surface area contributed by atoms with Gasteiger partial charge in [0.05, 0.1) is 6.33 Å². The van der Waals surface area contributed by atoms with Crippen LogP contribution in [0.4, 0.5) is 0 Å². The lowest BCUT2D eigenvalue weighted by molar-refractivity contribution is -0.143. The van der Waals surface area contributed by atoms with E-state index in [0.717, 1.165) is 5.69 Å². The van der Waals surface area contributed by atoms with Crippen molar-refractivity contribution in [2.75, 3.05) is 6.61 Å². The van der Waals surface area contributed by atoms with Crippen LogP contribution in [0.1, 0.15) is 5.69 Å². The third-order valence-electron chi connectivity index (χ3n) is 1.64. The van der Waals surface area contributed by atoms with E-state index in [4.69, 9.17) is 10.5 Å². The number of hydrogen-bond acceptors (Lipinski definition) is 4. The predicted molar refractivity (Wildman–Crippen MR) is 51.4 cm³/mol. The van der Waals surface area contributed by atoms with Crippen molar-refractivity contribution in [1.29, 1.82) is 0 Å². The smallest absolute Gasteiger partial charge is 0.323 e. The molecular formula is C9H13N3O2. The fourth-order valence-corrected chi connectivity index (χ4v) is 0.965.